The van der Waals surface area contributed by atoms with E-state index in [1.165, 1.54) is 4.52 Å². The third-order valence-corrected chi connectivity index (χ3v) is 6.66. The zero-order chi connectivity index (χ0) is 23.2. The van der Waals surface area contributed by atoms with Crippen molar-refractivity contribution >= 4 is 17.6 Å². The molecule has 33 heavy (non-hydrogen) atoms. The van der Waals surface area contributed by atoms with Gasteiger partial charge in [0.2, 0.25) is 5.91 Å². The number of carbonyl (C=O) groups excluding carboxylic acids is 2. The van der Waals surface area contributed by atoms with Gasteiger partial charge in [0.05, 0.1) is 12.1 Å². The molecule has 5 heterocycles. The predicted molar refractivity (Wildman–Crippen MR) is 109 cm³/mol. The number of ether oxygens (including phenoxy) is 1. The van der Waals surface area contributed by atoms with Gasteiger partial charge in [0.15, 0.2) is 11.3 Å². The first-order chi connectivity index (χ1) is 15.8. The third kappa shape index (κ3) is 4.61. The molecule has 3 amide bonds. The number of fused-ring (bicyclic) bond motifs is 2. The van der Waals surface area contributed by atoms with E-state index in [0.29, 0.717) is 44.9 Å². The average molecular weight is 466 g/mol. The van der Waals surface area contributed by atoms with Crippen LogP contribution in [0.25, 0.3) is 5.65 Å². The molecular weight excluding hydrogens is 441 g/mol. The number of likely N-dealkylation sites (tertiary alicyclic amines) is 2. The molecule has 0 aliphatic carbocycles. The van der Waals surface area contributed by atoms with Gasteiger partial charge in [-0.25, -0.2) is 14.3 Å². The summed E-state index contributed by atoms with van der Waals surface area (Å²) in [5.74, 6) is 0.159. The van der Waals surface area contributed by atoms with Crippen LogP contribution in [-0.2, 0) is 22.1 Å². The Morgan fingerprint density at radius 3 is 2.70 bits per heavy atom. The largest absolute Gasteiger partial charge is 0.435 e. The van der Waals surface area contributed by atoms with E-state index in [2.05, 4.69) is 15.4 Å². The van der Waals surface area contributed by atoms with Gasteiger partial charge in [-0.15, -0.1) is 0 Å². The Morgan fingerprint density at radius 1 is 1.18 bits per heavy atom. The molecule has 2 aromatic rings. The van der Waals surface area contributed by atoms with Crippen molar-refractivity contribution in [3.05, 3.63) is 29.7 Å². The van der Waals surface area contributed by atoms with Crippen molar-refractivity contribution in [3.8, 4) is 0 Å². The van der Waals surface area contributed by atoms with E-state index in [1.54, 1.807) is 17.3 Å². The van der Waals surface area contributed by atoms with E-state index in [1.807, 2.05) is 4.90 Å². The smallest absolute Gasteiger partial charge is 0.366 e. The molecule has 12 heteroatoms. The van der Waals surface area contributed by atoms with Crippen LogP contribution < -0.4 is 5.32 Å². The maximum Gasteiger partial charge on any atom is 0.435 e. The van der Waals surface area contributed by atoms with Crippen LogP contribution in [-0.4, -0.2) is 81.3 Å². The normalized spacial score (nSPS) is 24.6. The Kier molecular flexibility index (Phi) is 5.63. The maximum atomic E-state index is 13.0. The number of nitrogens with one attached hydrogen (secondary N) is 1. The van der Waals surface area contributed by atoms with Crippen LogP contribution >= 0.6 is 0 Å². The second-order valence-corrected chi connectivity index (χ2v) is 8.97. The van der Waals surface area contributed by atoms with Crippen LogP contribution in [0.5, 0.6) is 0 Å². The first-order valence-corrected chi connectivity index (χ1v) is 11.1. The molecule has 0 spiro atoms. The molecule has 3 saturated heterocycles. The van der Waals surface area contributed by atoms with Crippen molar-refractivity contribution < 1.29 is 27.5 Å². The highest BCUT2D eigenvalue weighted by molar-refractivity contribution is 5.79. The number of hydrogen-bond donors (Lipinski definition) is 1. The topological polar surface area (TPSA) is 92.1 Å². The van der Waals surface area contributed by atoms with Crippen molar-refractivity contribution in [2.75, 3.05) is 32.8 Å². The molecule has 0 radical (unpaired) electrons. The fraction of sp³-hybridized carbons (Fsp3) is 0.619. The molecule has 0 aromatic carbocycles. The predicted octanol–water partition coefficient (Wildman–Crippen LogP) is 1.71. The molecule has 178 valence electrons. The summed E-state index contributed by atoms with van der Waals surface area (Å²) in [6, 6.07) is 0.747. The highest BCUT2D eigenvalue weighted by Gasteiger charge is 2.38. The SMILES string of the molecule is O=C1CO[C@H]2CCN(C(=O)N3CCC(Cc4cnc5cc(C(F)(F)F)nn5c4)CC3)C[C@H]2N1. The third-order valence-electron chi connectivity index (χ3n) is 6.66. The van der Waals surface area contributed by atoms with Gasteiger partial charge in [-0.3, -0.25) is 4.79 Å². The van der Waals surface area contributed by atoms with E-state index < -0.39 is 11.9 Å². The minimum atomic E-state index is -4.50. The molecular formula is C21H25F3N6O3. The minimum Gasteiger partial charge on any atom is -0.366 e. The number of carbonyl (C=O) groups is 2. The summed E-state index contributed by atoms with van der Waals surface area (Å²) in [5.41, 5.74) is 0.0244. The molecule has 2 atom stereocenters. The fourth-order valence-electron chi connectivity index (χ4n) is 4.89. The number of halogens is 3. The summed E-state index contributed by atoms with van der Waals surface area (Å²) < 4.78 is 45.3. The number of amides is 3. The lowest BCUT2D eigenvalue weighted by molar-refractivity contribution is -0.141. The fourth-order valence-corrected chi connectivity index (χ4v) is 4.89. The van der Waals surface area contributed by atoms with E-state index in [4.69, 9.17) is 4.74 Å². The summed E-state index contributed by atoms with van der Waals surface area (Å²) in [6.45, 7) is 2.37. The lowest BCUT2D eigenvalue weighted by atomic mass is 9.91. The number of alkyl halides is 3. The van der Waals surface area contributed by atoms with Crippen LogP contribution in [0.15, 0.2) is 18.5 Å². The van der Waals surface area contributed by atoms with Crippen LogP contribution in [0.4, 0.5) is 18.0 Å². The summed E-state index contributed by atoms with van der Waals surface area (Å²) in [5, 5.41) is 6.50. The molecule has 9 nitrogen and oxygen atoms in total. The average Bonchev–Trinajstić information content (AvgIpc) is 3.23. The zero-order valence-corrected chi connectivity index (χ0v) is 17.9. The van der Waals surface area contributed by atoms with Gasteiger partial charge in [-0.1, -0.05) is 0 Å². The standard InChI is InChI=1S/C21H25F3N6O3/c22-21(23,24)17-8-18-25-9-14(10-30(18)27-17)7-13-1-4-28(5-2-13)20(32)29-6-3-16-15(11-29)26-19(31)12-33-16/h8-10,13,15-16H,1-7,11-12H2,(H,26,31)/t15-,16+/m1/s1. The second-order valence-electron chi connectivity index (χ2n) is 8.97. The Morgan fingerprint density at radius 2 is 1.94 bits per heavy atom. The van der Waals surface area contributed by atoms with Gasteiger partial charge in [0, 0.05) is 44.6 Å². The Hall–Kier alpha value is -2.89. The van der Waals surface area contributed by atoms with Crippen LogP contribution in [0.3, 0.4) is 0 Å². The Bertz CT molecular complexity index is 1050. The number of urea groups is 1. The molecule has 0 bridgehead atoms. The molecule has 0 unspecified atom stereocenters. The lowest BCUT2D eigenvalue weighted by Gasteiger charge is -2.43. The van der Waals surface area contributed by atoms with E-state index in [9.17, 15) is 22.8 Å². The quantitative estimate of drug-likeness (QED) is 0.728. The van der Waals surface area contributed by atoms with Gasteiger partial charge in [-0.2, -0.15) is 18.3 Å². The van der Waals surface area contributed by atoms with Crippen molar-refractivity contribution in [3.63, 3.8) is 0 Å². The number of morpholine rings is 1. The highest BCUT2D eigenvalue weighted by Crippen LogP contribution is 2.29. The van der Waals surface area contributed by atoms with Gasteiger partial charge < -0.3 is 19.9 Å². The van der Waals surface area contributed by atoms with Gasteiger partial charge in [0.1, 0.15) is 6.61 Å². The van der Waals surface area contributed by atoms with Gasteiger partial charge >= 0.3 is 12.2 Å². The lowest BCUT2D eigenvalue weighted by Crippen LogP contribution is -2.62. The summed E-state index contributed by atoms with van der Waals surface area (Å²) in [6.07, 6.45) is 1.63. The molecule has 0 saturated carbocycles. The number of rotatable bonds is 2. The van der Waals surface area contributed by atoms with Crippen LogP contribution in [0.1, 0.15) is 30.5 Å². The second kappa shape index (κ2) is 8.47. The van der Waals surface area contributed by atoms with Gasteiger partial charge in [-0.05, 0) is 37.2 Å². The first kappa shape index (κ1) is 21.9. The van der Waals surface area contributed by atoms with Crippen LogP contribution in [0.2, 0.25) is 0 Å². The van der Waals surface area contributed by atoms with Crippen molar-refractivity contribution in [1.29, 1.82) is 0 Å². The van der Waals surface area contributed by atoms with Gasteiger partial charge in [0.25, 0.3) is 0 Å². The van der Waals surface area contributed by atoms with Crippen molar-refractivity contribution in [2.24, 2.45) is 5.92 Å². The van der Waals surface area contributed by atoms with E-state index >= 15 is 0 Å². The summed E-state index contributed by atoms with van der Waals surface area (Å²) >= 11 is 0. The number of piperidine rings is 2. The molecule has 3 fully saturated rings. The molecule has 1 N–H and O–H groups in total. The van der Waals surface area contributed by atoms with E-state index in [-0.39, 0.29) is 36.3 Å². The number of nitrogens with zero attached hydrogens (tertiary/aromatic N) is 5. The molecule has 5 rings (SSSR count). The summed E-state index contributed by atoms with van der Waals surface area (Å²) in [7, 11) is 0. The monoisotopic (exact) mass is 466 g/mol. The zero-order valence-electron chi connectivity index (χ0n) is 17.9. The van der Waals surface area contributed by atoms with Crippen molar-refractivity contribution in [2.45, 2.75) is 44.0 Å². The van der Waals surface area contributed by atoms with Crippen LogP contribution in [0, 0.1) is 5.92 Å². The number of hydrogen-bond acceptors (Lipinski definition) is 5. The first-order valence-electron chi connectivity index (χ1n) is 11.1. The molecule has 3 aliphatic heterocycles. The van der Waals surface area contributed by atoms with Crippen molar-refractivity contribution in [1.82, 2.24) is 29.7 Å². The van der Waals surface area contributed by atoms with E-state index in [0.717, 1.165) is 24.5 Å². The number of aromatic nitrogens is 3. The highest BCUT2D eigenvalue weighted by atomic mass is 19.4. The Labute approximate surface area is 187 Å². The maximum absolute atomic E-state index is 13.0. The minimum absolute atomic E-state index is 0.0222. The molecule has 3 aliphatic rings. The molecule has 2 aromatic heterocycles. The summed E-state index contributed by atoms with van der Waals surface area (Å²) in [4.78, 5) is 32.3. The Balaban J connectivity index is 1.15.